The second kappa shape index (κ2) is 18.9. The molecule has 0 aromatic heterocycles. The first-order chi connectivity index (χ1) is 28.7. The Kier molecular flexibility index (Phi) is 13.5. The van der Waals surface area contributed by atoms with Gasteiger partial charge in [-0.15, -0.1) is 0 Å². The lowest BCUT2D eigenvalue weighted by Crippen LogP contribution is -2.32. The smallest absolute Gasteiger partial charge is 0.0465 e. The van der Waals surface area contributed by atoms with Gasteiger partial charge in [-0.25, -0.2) is 0 Å². The average Bonchev–Trinajstić information content (AvgIpc) is 3.51. The second-order valence-corrected chi connectivity index (χ2v) is 17.8. The largest absolute Gasteiger partial charge is 0.310 e. The van der Waals surface area contributed by atoms with E-state index in [-0.39, 0.29) is 5.41 Å². The van der Waals surface area contributed by atoms with Crippen LogP contribution in [0.5, 0.6) is 0 Å². The Bertz CT molecular complexity index is 2010. The third-order valence-corrected chi connectivity index (χ3v) is 13.4. The van der Waals surface area contributed by atoms with E-state index in [1.54, 1.807) is 0 Å². The SMILES string of the molecule is CCCCC(CC)CC1(CC(CC)CCCC)c2cc(N(c3ccc(C)cc3)c3ccc(C)cc3)ccc2-c2ccc(N(c3ccc(C)cc3)c3ccc(C)cc3)cc21. The molecule has 0 radical (unpaired) electrons. The first kappa shape index (κ1) is 42.1. The van der Waals surface area contributed by atoms with Crippen LogP contribution in [0.1, 0.15) is 125 Å². The molecule has 2 unspecified atom stereocenters. The molecule has 59 heavy (non-hydrogen) atoms. The molecule has 306 valence electrons. The number of nitrogens with zero attached hydrogens (tertiary/aromatic N) is 2. The first-order valence-corrected chi connectivity index (χ1v) is 22.8. The fourth-order valence-corrected chi connectivity index (χ4v) is 9.81. The van der Waals surface area contributed by atoms with E-state index in [9.17, 15) is 0 Å². The van der Waals surface area contributed by atoms with Crippen molar-refractivity contribution in [1.29, 1.82) is 0 Å². The molecule has 0 amide bonds. The van der Waals surface area contributed by atoms with Crippen LogP contribution in [0.3, 0.4) is 0 Å². The normalized spacial score (nSPS) is 13.8. The molecule has 2 nitrogen and oxygen atoms in total. The van der Waals surface area contributed by atoms with E-state index in [4.69, 9.17) is 0 Å². The van der Waals surface area contributed by atoms with Gasteiger partial charge in [0.2, 0.25) is 0 Å². The van der Waals surface area contributed by atoms with Gasteiger partial charge in [-0.05, 0) is 147 Å². The lowest BCUT2D eigenvalue weighted by Gasteiger charge is -2.39. The highest BCUT2D eigenvalue weighted by Crippen LogP contribution is 2.58. The van der Waals surface area contributed by atoms with Gasteiger partial charge >= 0.3 is 0 Å². The summed E-state index contributed by atoms with van der Waals surface area (Å²) in [4.78, 5) is 4.97. The first-order valence-electron chi connectivity index (χ1n) is 22.8. The van der Waals surface area contributed by atoms with Crippen LogP contribution in [-0.4, -0.2) is 0 Å². The number of unbranched alkanes of at least 4 members (excludes halogenated alkanes) is 2. The molecule has 0 heterocycles. The maximum atomic E-state index is 2.62. The summed E-state index contributed by atoms with van der Waals surface area (Å²) in [5, 5.41) is 0. The van der Waals surface area contributed by atoms with Crippen LogP contribution in [-0.2, 0) is 5.41 Å². The molecule has 6 aromatic rings. The molecular formula is C57H68N2. The number of benzene rings is 6. The minimum absolute atomic E-state index is 0.127. The third kappa shape index (κ3) is 9.08. The van der Waals surface area contributed by atoms with Gasteiger partial charge in [0.15, 0.2) is 0 Å². The summed E-state index contributed by atoms with van der Waals surface area (Å²) in [6.45, 7) is 18.3. The van der Waals surface area contributed by atoms with Crippen LogP contribution in [0.25, 0.3) is 11.1 Å². The standard InChI is InChI=1S/C57H68N2/c1-9-13-15-45(11-3)39-57(40-46(12-4)16-14-10-2)55-37-51(58(47-25-17-41(5)18-26-47)48-27-19-42(6)20-28-48)33-35-53(55)54-36-34-52(38-56(54)57)59(49-29-21-43(7)22-30-49)50-31-23-44(8)24-32-50/h17-38,45-46H,9-16,39-40H2,1-8H3. The maximum Gasteiger partial charge on any atom is 0.0465 e. The summed E-state index contributed by atoms with van der Waals surface area (Å²) >= 11 is 0. The van der Waals surface area contributed by atoms with Crippen LogP contribution < -0.4 is 9.80 Å². The fraction of sp³-hybridized carbons (Fsp3) is 0.368. The average molecular weight is 781 g/mol. The van der Waals surface area contributed by atoms with Crippen molar-refractivity contribution in [2.45, 2.75) is 125 Å². The molecule has 0 spiro atoms. The van der Waals surface area contributed by atoms with E-state index in [0.717, 1.165) is 0 Å². The number of fused-ring (bicyclic) bond motifs is 3. The molecular weight excluding hydrogens is 713 g/mol. The summed E-state index contributed by atoms with van der Waals surface area (Å²) < 4.78 is 0. The van der Waals surface area contributed by atoms with E-state index in [1.165, 1.54) is 143 Å². The highest BCUT2D eigenvalue weighted by Gasteiger charge is 2.46. The fourth-order valence-electron chi connectivity index (χ4n) is 9.81. The summed E-state index contributed by atoms with van der Waals surface area (Å²) in [5.41, 5.74) is 18.1. The van der Waals surface area contributed by atoms with Gasteiger partial charge in [0.25, 0.3) is 0 Å². The minimum atomic E-state index is -0.127. The van der Waals surface area contributed by atoms with Crippen molar-refractivity contribution >= 4 is 34.1 Å². The van der Waals surface area contributed by atoms with Gasteiger partial charge in [-0.2, -0.15) is 0 Å². The minimum Gasteiger partial charge on any atom is -0.310 e. The number of aryl methyl sites for hydroxylation is 4. The summed E-state index contributed by atoms with van der Waals surface area (Å²) in [6.07, 6.45) is 12.4. The van der Waals surface area contributed by atoms with Crippen LogP contribution in [0.2, 0.25) is 0 Å². The topological polar surface area (TPSA) is 6.48 Å². The molecule has 0 bridgehead atoms. The zero-order chi connectivity index (χ0) is 41.5. The molecule has 0 saturated heterocycles. The molecule has 7 rings (SSSR count). The Morgan fingerprint density at radius 3 is 0.949 bits per heavy atom. The van der Waals surface area contributed by atoms with E-state index in [2.05, 4.69) is 199 Å². The predicted molar refractivity (Wildman–Crippen MR) is 257 cm³/mol. The molecule has 1 aliphatic carbocycles. The Morgan fingerprint density at radius 1 is 0.390 bits per heavy atom. The summed E-state index contributed by atoms with van der Waals surface area (Å²) in [5.74, 6) is 1.28. The van der Waals surface area contributed by atoms with Crippen molar-refractivity contribution < 1.29 is 0 Å². The number of hydrogen-bond acceptors (Lipinski definition) is 2. The Balaban J connectivity index is 1.48. The molecule has 6 aromatic carbocycles. The Morgan fingerprint density at radius 2 is 0.678 bits per heavy atom. The van der Waals surface area contributed by atoms with E-state index in [0.29, 0.717) is 11.8 Å². The number of hydrogen-bond donors (Lipinski definition) is 0. The van der Waals surface area contributed by atoms with Crippen molar-refractivity contribution in [2.75, 3.05) is 9.80 Å². The Hall–Kier alpha value is -5.08. The molecule has 0 aliphatic heterocycles. The van der Waals surface area contributed by atoms with Gasteiger partial charge < -0.3 is 9.80 Å². The third-order valence-electron chi connectivity index (χ3n) is 13.4. The molecule has 1 aliphatic rings. The highest BCUT2D eigenvalue weighted by molar-refractivity contribution is 5.88. The van der Waals surface area contributed by atoms with Crippen molar-refractivity contribution in [1.82, 2.24) is 0 Å². The number of rotatable bonds is 18. The molecule has 2 heteroatoms. The van der Waals surface area contributed by atoms with Gasteiger partial charge in [0, 0.05) is 39.5 Å². The van der Waals surface area contributed by atoms with Gasteiger partial charge in [0.05, 0.1) is 0 Å². The molecule has 0 fully saturated rings. The van der Waals surface area contributed by atoms with Crippen molar-refractivity contribution in [3.63, 3.8) is 0 Å². The van der Waals surface area contributed by atoms with E-state index in [1.807, 2.05) is 0 Å². The van der Waals surface area contributed by atoms with Crippen LogP contribution in [0, 0.1) is 39.5 Å². The van der Waals surface area contributed by atoms with Gasteiger partial charge in [0.1, 0.15) is 0 Å². The summed E-state index contributed by atoms with van der Waals surface area (Å²) in [6, 6.07) is 51.3. The number of anilines is 6. The zero-order valence-electron chi connectivity index (χ0n) is 37.3. The monoisotopic (exact) mass is 781 g/mol. The van der Waals surface area contributed by atoms with E-state index < -0.39 is 0 Å². The van der Waals surface area contributed by atoms with Gasteiger partial charge in [-0.3, -0.25) is 0 Å². The predicted octanol–water partition coefficient (Wildman–Crippen LogP) is 17.3. The molecule has 0 saturated carbocycles. The van der Waals surface area contributed by atoms with Crippen molar-refractivity contribution in [3.05, 3.63) is 167 Å². The maximum absolute atomic E-state index is 2.62. The van der Waals surface area contributed by atoms with Crippen molar-refractivity contribution in [3.8, 4) is 11.1 Å². The highest BCUT2D eigenvalue weighted by atomic mass is 15.1. The lowest BCUT2D eigenvalue weighted by atomic mass is 9.65. The van der Waals surface area contributed by atoms with Crippen molar-refractivity contribution in [2.24, 2.45) is 11.8 Å². The molecule has 2 atom stereocenters. The van der Waals surface area contributed by atoms with Crippen LogP contribution in [0.4, 0.5) is 34.1 Å². The van der Waals surface area contributed by atoms with E-state index >= 15 is 0 Å². The summed E-state index contributed by atoms with van der Waals surface area (Å²) in [7, 11) is 0. The quantitative estimate of drug-likeness (QED) is 0.0857. The van der Waals surface area contributed by atoms with Crippen LogP contribution in [0.15, 0.2) is 133 Å². The van der Waals surface area contributed by atoms with Gasteiger partial charge in [-0.1, -0.05) is 162 Å². The Labute approximate surface area is 357 Å². The second-order valence-electron chi connectivity index (χ2n) is 17.8. The zero-order valence-corrected chi connectivity index (χ0v) is 37.3. The lowest BCUT2D eigenvalue weighted by molar-refractivity contribution is 0.266. The van der Waals surface area contributed by atoms with Crippen LogP contribution >= 0.6 is 0 Å². The molecule has 0 N–H and O–H groups in total.